The summed E-state index contributed by atoms with van der Waals surface area (Å²) in [6.07, 6.45) is 3.88. The van der Waals surface area contributed by atoms with E-state index in [9.17, 15) is 4.79 Å². The summed E-state index contributed by atoms with van der Waals surface area (Å²) in [6, 6.07) is 9.66. The third kappa shape index (κ3) is 4.57. The number of benzene rings is 1. The Morgan fingerprint density at radius 3 is 2.75 bits per heavy atom. The lowest BCUT2D eigenvalue weighted by atomic mass is 9.98. The van der Waals surface area contributed by atoms with E-state index < -0.39 is 0 Å². The minimum Gasteiger partial charge on any atom is -0.370 e. The van der Waals surface area contributed by atoms with Gasteiger partial charge in [0.1, 0.15) is 5.82 Å². The number of hydrogen-bond acceptors (Lipinski definition) is 3. The smallest absolute Gasteiger partial charge is 0.255 e. The molecule has 0 radical (unpaired) electrons. The minimum atomic E-state index is -0.104. The molecule has 1 amide bonds. The zero-order chi connectivity index (χ0) is 17.5. The molecule has 2 rings (SSSR count). The van der Waals surface area contributed by atoms with Gasteiger partial charge in [0, 0.05) is 24.0 Å². The number of rotatable bonds is 7. The minimum absolute atomic E-state index is 0.104. The van der Waals surface area contributed by atoms with Crippen molar-refractivity contribution in [3.63, 3.8) is 0 Å². The van der Waals surface area contributed by atoms with Gasteiger partial charge < -0.3 is 10.6 Å². The van der Waals surface area contributed by atoms with E-state index in [0.717, 1.165) is 42.0 Å². The number of nitrogens with zero attached hydrogens (tertiary/aromatic N) is 1. The zero-order valence-corrected chi connectivity index (χ0v) is 15.0. The largest absolute Gasteiger partial charge is 0.370 e. The van der Waals surface area contributed by atoms with E-state index in [4.69, 9.17) is 0 Å². The highest BCUT2D eigenvalue weighted by Gasteiger charge is 2.13. The maximum Gasteiger partial charge on any atom is 0.255 e. The lowest BCUT2D eigenvalue weighted by molar-refractivity contribution is 0.102. The average Bonchev–Trinajstić information content (AvgIpc) is 2.57. The van der Waals surface area contributed by atoms with Crippen LogP contribution in [0, 0.1) is 6.92 Å². The summed E-state index contributed by atoms with van der Waals surface area (Å²) in [5.74, 6) is 0.987. The molecule has 1 aromatic carbocycles. The highest BCUT2D eigenvalue weighted by molar-refractivity contribution is 6.05. The van der Waals surface area contributed by atoms with E-state index in [1.54, 1.807) is 18.3 Å². The summed E-state index contributed by atoms with van der Waals surface area (Å²) in [5.41, 5.74) is 3.75. The predicted molar refractivity (Wildman–Crippen MR) is 101 cm³/mol. The fourth-order valence-electron chi connectivity index (χ4n) is 2.59. The van der Waals surface area contributed by atoms with E-state index in [0.29, 0.717) is 11.5 Å². The summed E-state index contributed by atoms with van der Waals surface area (Å²) in [4.78, 5) is 16.9. The van der Waals surface area contributed by atoms with Crippen LogP contribution in [0.4, 0.5) is 11.5 Å². The molecule has 0 bridgehead atoms. The van der Waals surface area contributed by atoms with E-state index in [1.165, 1.54) is 0 Å². The second kappa shape index (κ2) is 8.48. The van der Waals surface area contributed by atoms with Crippen LogP contribution < -0.4 is 10.6 Å². The molecule has 0 spiro atoms. The van der Waals surface area contributed by atoms with Crippen molar-refractivity contribution in [3.05, 3.63) is 53.2 Å². The number of carbonyl (C=O) groups excluding carboxylic acids is 1. The number of para-hydroxylation sites is 1. The van der Waals surface area contributed by atoms with Gasteiger partial charge in [-0.3, -0.25) is 4.79 Å². The molecule has 0 saturated heterocycles. The van der Waals surface area contributed by atoms with Gasteiger partial charge in [-0.15, -0.1) is 0 Å². The molecule has 0 aliphatic heterocycles. The van der Waals surface area contributed by atoms with Crippen LogP contribution in [0.2, 0.25) is 0 Å². The van der Waals surface area contributed by atoms with E-state index >= 15 is 0 Å². The number of unbranched alkanes of at least 4 members (excludes halogenated alkanes) is 1. The number of anilines is 2. The van der Waals surface area contributed by atoms with Crippen LogP contribution in [0.3, 0.4) is 0 Å². The third-order valence-electron chi connectivity index (χ3n) is 4.02. The van der Waals surface area contributed by atoms with Crippen LogP contribution >= 0.6 is 0 Å². The maximum absolute atomic E-state index is 12.7. The van der Waals surface area contributed by atoms with Gasteiger partial charge in [-0.2, -0.15) is 0 Å². The van der Waals surface area contributed by atoms with Gasteiger partial charge in [0.25, 0.3) is 5.91 Å². The molecule has 24 heavy (non-hydrogen) atoms. The summed E-state index contributed by atoms with van der Waals surface area (Å²) < 4.78 is 0. The standard InChI is InChI=1S/C20H27N3O/c1-5-6-11-21-18-13-16(10-12-22-18)20(24)23-19-15(4)8-7-9-17(19)14(2)3/h7-10,12-14H,5-6,11H2,1-4H3,(H,21,22)(H,23,24). The first-order valence-electron chi connectivity index (χ1n) is 8.63. The molecule has 0 aliphatic rings. The number of pyridine rings is 1. The van der Waals surface area contributed by atoms with Crippen LogP contribution in [0.25, 0.3) is 0 Å². The lowest BCUT2D eigenvalue weighted by Gasteiger charge is -2.16. The molecule has 0 aliphatic carbocycles. The molecule has 0 atom stereocenters. The normalized spacial score (nSPS) is 10.7. The first-order valence-corrected chi connectivity index (χ1v) is 8.63. The number of amides is 1. The number of nitrogens with one attached hydrogen (secondary N) is 2. The van der Waals surface area contributed by atoms with Crippen molar-refractivity contribution in [2.24, 2.45) is 0 Å². The topological polar surface area (TPSA) is 54.0 Å². The van der Waals surface area contributed by atoms with Crippen molar-refractivity contribution >= 4 is 17.4 Å². The average molecular weight is 325 g/mol. The predicted octanol–water partition coefficient (Wildman–Crippen LogP) is 4.98. The number of aromatic nitrogens is 1. The van der Waals surface area contributed by atoms with Crippen molar-refractivity contribution in [2.75, 3.05) is 17.2 Å². The maximum atomic E-state index is 12.7. The van der Waals surface area contributed by atoms with E-state index in [1.807, 2.05) is 19.1 Å². The Bertz CT molecular complexity index is 695. The monoisotopic (exact) mass is 325 g/mol. The molecule has 0 unspecified atom stereocenters. The number of carbonyl (C=O) groups is 1. The fourth-order valence-corrected chi connectivity index (χ4v) is 2.59. The number of hydrogen-bond donors (Lipinski definition) is 2. The number of aryl methyl sites for hydroxylation is 1. The second-order valence-corrected chi connectivity index (χ2v) is 6.36. The Hall–Kier alpha value is -2.36. The second-order valence-electron chi connectivity index (χ2n) is 6.36. The van der Waals surface area contributed by atoms with E-state index in [-0.39, 0.29) is 5.91 Å². The van der Waals surface area contributed by atoms with Gasteiger partial charge in [-0.1, -0.05) is 45.4 Å². The molecule has 2 N–H and O–H groups in total. The van der Waals surface area contributed by atoms with Crippen molar-refractivity contribution in [3.8, 4) is 0 Å². The molecular weight excluding hydrogens is 298 g/mol. The molecule has 0 fully saturated rings. The summed E-state index contributed by atoms with van der Waals surface area (Å²) in [5, 5.41) is 6.33. The molecule has 4 nitrogen and oxygen atoms in total. The Morgan fingerprint density at radius 2 is 2.04 bits per heavy atom. The quantitative estimate of drug-likeness (QED) is 0.706. The van der Waals surface area contributed by atoms with Crippen LogP contribution in [0.15, 0.2) is 36.5 Å². The van der Waals surface area contributed by atoms with Gasteiger partial charge >= 0.3 is 0 Å². The highest BCUT2D eigenvalue weighted by atomic mass is 16.1. The first-order chi connectivity index (χ1) is 11.5. The van der Waals surface area contributed by atoms with Gasteiger partial charge in [0.05, 0.1) is 0 Å². The lowest BCUT2D eigenvalue weighted by Crippen LogP contribution is -2.15. The highest BCUT2D eigenvalue weighted by Crippen LogP contribution is 2.27. The van der Waals surface area contributed by atoms with Crippen LogP contribution in [-0.2, 0) is 0 Å². The zero-order valence-electron chi connectivity index (χ0n) is 15.0. The third-order valence-corrected chi connectivity index (χ3v) is 4.02. The SMILES string of the molecule is CCCCNc1cc(C(=O)Nc2c(C)cccc2C(C)C)ccn1. The van der Waals surface area contributed by atoms with Gasteiger partial charge in [-0.05, 0) is 42.5 Å². The fraction of sp³-hybridized carbons (Fsp3) is 0.400. The summed E-state index contributed by atoms with van der Waals surface area (Å²) >= 11 is 0. The molecule has 1 aromatic heterocycles. The van der Waals surface area contributed by atoms with Crippen LogP contribution in [0.5, 0.6) is 0 Å². The molecule has 1 heterocycles. The van der Waals surface area contributed by atoms with Crippen molar-refractivity contribution in [1.82, 2.24) is 4.98 Å². The Balaban J connectivity index is 2.17. The van der Waals surface area contributed by atoms with Crippen molar-refractivity contribution in [2.45, 2.75) is 46.5 Å². The first kappa shape index (κ1) is 18.0. The van der Waals surface area contributed by atoms with Crippen molar-refractivity contribution in [1.29, 1.82) is 0 Å². The Morgan fingerprint density at radius 1 is 1.25 bits per heavy atom. The summed E-state index contributed by atoms with van der Waals surface area (Å²) in [7, 11) is 0. The van der Waals surface area contributed by atoms with Gasteiger partial charge in [0.15, 0.2) is 0 Å². The Labute approximate surface area is 144 Å². The van der Waals surface area contributed by atoms with E-state index in [2.05, 4.69) is 42.5 Å². The molecule has 0 saturated carbocycles. The van der Waals surface area contributed by atoms with Crippen LogP contribution in [-0.4, -0.2) is 17.4 Å². The van der Waals surface area contributed by atoms with Gasteiger partial charge in [-0.25, -0.2) is 4.98 Å². The summed E-state index contributed by atoms with van der Waals surface area (Å²) in [6.45, 7) is 9.29. The van der Waals surface area contributed by atoms with Crippen LogP contribution in [0.1, 0.15) is 61.0 Å². The van der Waals surface area contributed by atoms with Gasteiger partial charge in [0.2, 0.25) is 0 Å². The van der Waals surface area contributed by atoms with Crippen molar-refractivity contribution < 1.29 is 4.79 Å². The Kier molecular flexibility index (Phi) is 6.36. The molecule has 128 valence electrons. The molecule has 4 heteroatoms. The molecule has 2 aromatic rings. The molecular formula is C20H27N3O.